The zero-order valence-corrected chi connectivity index (χ0v) is 19.9. The molecular weight excluding hydrogens is 422 g/mol. The van der Waals surface area contributed by atoms with Crippen molar-refractivity contribution < 1.29 is 13.2 Å². The fraction of sp³-hybridized carbons (Fsp3) is 0.480. The van der Waals surface area contributed by atoms with Crippen molar-refractivity contribution in [3.63, 3.8) is 0 Å². The number of amides is 1. The third-order valence-corrected chi connectivity index (χ3v) is 8.63. The Morgan fingerprint density at radius 2 is 1.69 bits per heavy atom. The SMILES string of the molecule is Cc1ccc(C)c(S(=O)(=O)N2CCC[C@@H](C(=O)N3CCN(Cc4ccccc4)CC3)C2)c1. The van der Waals surface area contributed by atoms with Gasteiger partial charge in [-0.15, -0.1) is 0 Å². The highest BCUT2D eigenvalue weighted by Crippen LogP contribution is 2.27. The molecule has 2 saturated heterocycles. The van der Waals surface area contributed by atoms with Crippen LogP contribution in [0.2, 0.25) is 0 Å². The minimum atomic E-state index is -3.60. The van der Waals surface area contributed by atoms with E-state index in [0.717, 1.165) is 37.2 Å². The van der Waals surface area contributed by atoms with Crippen molar-refractivity contribution in [2.45, 2.75) is 38.1 Å². The van der Waals surface area contributed by atoms with E-state index in [0.29, 0.717) is 31.0 Å². The Balaban J connectivity index is 1.37. The van der Waals surface area contributed by atoms with Crippen molar-refractivity contribution in [1.29, 1.82) is 0 Å². The summed E-state index contributed by atoms with van der Waals surface area (Å²) in [5.41, 5.74) is 2.96. The number of hydrogen-bond acceptors (Lipinski definition) is 4. The van der Waals surface area contributed by atoms with Crippen LogP contribution in [-0.4, -0.2) is 67.7 Å². The first-order chi connectivity index (χ1) is 15.3. The number of hydrogen-bond donors (Lipinski definition) is 0. The molecule has 0 spiro atoms. The summed E-state index contributed by atoms with van der Waals surface area (Å²) in [6.45, 7) is 8.47. The molecule has 2 aromatic rings. The largest absolute Gasteiger partial charge is 0.340 e. The minimum Gasteiger partial charge on any atom is -0.340 e. The summed E-state index contributed by atoms with van der Waals surface area (Å²) >= 11 is 0. The topological polar surface area (TPSA) is 60.9 Å². The number of piperazine rings is 1. The molecule has 0 N–H and O–H groups in total. The molecule has 0 aromatic heterocycles. The molecule has 4 rings (SSSR count). The van der Waals surface area contributed by atoms with Crippen LogP contribution in [0.15, 0.2) is 53.4 Å². The Kier molecular flexibility index (Phi) is 6.98. The van der Waals surface area contributed by atoms with Crippen molar-refractivity contribution in [1.82, 2.24) is 14.1 Å². The van der Waals surface area contributed by atoms with E-state index in [9.17, 15) is 13.2 Å². The van der Waals surface area contributed by atoms with Crippen LogP contribution < -0.4 is 0 Å². The van der Waals surface area contributed by atoms with Crippen LogP contribution in [0.5, 0.6) is 0 Å². The number of piperidine rings is 1. The number of nitrogens with zero attached hydrogens (tertiary/aromatic N) is 3. The molecule has 1 atom stereocenters. The van der Waals surface area contributed by atoms with Gasteiger partial charge in [0.15, 0.2) is 0 Å². The molecule has 7 heteroatoms. The van der Waals surface area contributed by atoms with Gasteiger partial charge in [0.2, 0.25) is 15.9 Å². The summed E-state index contributed by atoms with van der Waals surface area (Å²) in [6.07, 6.45) is 1.47. The van der Waals surface area contributed by atoms with Crippen molar-refractivity contribution in [2.75, 3.05) is 39.3 Å². The molecular formula is C25H33N3O3S. The third kappa shape index (κ3) is 5.05. The Bertz CT molecular complexity index is 1050. The zero-order chi connectivity index (χ0) is 22.7. The van der Waals surface area contributed by atoms with Gasteiger partial charge in [-0.05, 0) is 49.4 Å². The quantitative estimate of drug-likeness (QED) is 0.695. The van der Waals surface area contributed by atoms with Gasteiger partial charge < -0.3 is 4.90 Å². The van der Waals surface area contributed by atoms with E-state index in [-0.39, 0.29) is 18.4 Å². The second-order valence-electron chi connectivity index (χ2n) is 9.06. The standard InChI is InChI=1S/C25H33N3O3S/c1-20-10-11-21(2)24(17-20)32(30,31)28-12-6-9-23(19-28)25(29)27-15-13-26(14-16-27)18-22-7-4-3-5-8-22/h3-5,7-8,10-11,17,23H,6,9,12-16,18-19H2,1-2H3/t23-/m1/s1. The molecule has 0 radical (unpaired) electrons. The molecule has 0 aliphatic carbocycles. The van der Waals surface area contributed by atoms with E-state index in [2.05, 4.69) is 29.2 Å². The van der Waals surface area contributed by atoms with Gasteiger partial charge in [0.25, 0.3) is 0 Å². The number of benzene rings is 2. The summed E-state index contributed by atoms with van der Waals surface area (Å²) in [5, 5.41) is 0. The third-order valence-electron chi connectivity index (χ3n) is 6.63. The summed E-state index contributed by atoms with van der Waals surface area (Å²) in [4.78, 5) is 17.9. The number of rotatable bonds is 5. The Labute approximate surface area is 191 Å². The lowest BCUT2D eigenvalue weighted by Crippen LogP contribution is -2.52. The van der Waals surface area contributed by atoms with E-state index >= 15 is 0 Å². The monoisotopic (exact) mass is 455 g/mol. The van der Waals surface area contributed by atoms with Crippen LogP contribution in [0.25, 0.3) is 0 Å². The fourth-order valence-electron chi connectivity index (χ4n) is 4.71. The van der Waals surface area contributed by atoms with E-state index in [1.807, 2.05) is 36.9 Å². The van der Waals surface area contributed by atoms with E-state index in [4.69, 9.17) is 0 Å². The second kappa shape index (κ2) is 9.73. The number of aryl methyl sites for hydroxylation is 2. The van der Waals surface area contributed by atoms with Crippen LogP contribution in [0.1, 0.15) is 29.5 Å². The average Bonchev–Trinajstić information content (AvgIpc) is 2.81. The normalized spacial score (nSPS) is 20.9. The Hall–Kier alpha value is -2.22. The Morgan fingerprint density at radius 1 is 0.969 bits per heavy atom. The maximum Gasteiger partial charge on any atom is 0.243 e. The maximum atomic E-state index is 13.3. The molecule has 6 nitrogen and oxygen atoms in total. The predicted octanol–water partition coefficient (Wildman–Crippen LogP) is 3.05. The van der Waals surface area contributed by atoms with Gasteiger partial charge in [0.1, 0.15) is 0 Å². The molecule has 2 heterocycles. The lowest BCUT2D eigenvalue weighted by Gasteiger charge is -2.38. The van der Waals surface area contributed by atoms with Gasteiger partial charge in [0, 0.05) is 45.8 Å². The molecule has 2 aliphatic heterocycles. The molecule has 172 valence electrons. The van der Waals surface area contributed by atoms with Crippen molar-refractivity contribution in [2.24, 2.45) is 5.92 Å². The molecule has 2 aromatic carbocycles. The summed E-state index contributed by atoms with van der Waals surface area (Å²) in [6, 6.07) is 15.9. The number of sulfonamides is 1. The molecule has 32 heavy (non-hydrogen) atoms. The van der Waals surface area contributed by atoms with Gasteiger partial charge in [0.05, 0.1) is 10.8 Å². The first kappa shape index (κ1) is 23.0. The van der Waals surface area contributed by atoms with Gasteiger partial charge >= 0.3 is 0 Å². The molecule has 0 saturated carbocycles. The average molecular weight is 456 g/mol. The molecule has 0 unspecified atom stereocenters. The first-order valence-corrected chi connectivity index (χ1v) is 12.9. The number of carbonyl (C=O) groups excluding carboxylic acids is 1. The first-order valence-electron chi connectivity index (χ1n) is 11.5. The van der Waals surface area contributed by atoms with Crippen LogP contribution >= 0.6 is 0 Å². The predicted molar refractivity (Wildman–Crippen MR) is 126 cm³/mol. The van der Waals surface area contributed by atoms with Crippen LogP contribution in [0, 0.1) is 19.8 Å². The number of carbonyl (C=O) groups is 1. The van der Waals surface area contributed by atoms with Crippen molar-refractivity contribution in [3.05, 3.63) is 65.2 Å². The van der Waals surface area contributed by atoms with Crippen molar-refractivity contribution in [3.8, 4) is 0 Å². The summed E-state index contributed by atoms with van der Waals surface area (Å²) in [7, 11) is -3.60. The van der Waals surface area contributed by atoms with Gasteiger partial charge in [-0.2, -0.15) is 4.31 Å². The smallest absolute Gasteiger partial charge is 0.243 e. The van der Waals surface area contributed by atoms with Gasteiger partial charge in [-0.3, -0.25) is 9.69 Å². The van der Waals surface area contributed by atoms with E-state index in [1.165, 1.54) is 9.87 Å². The lowest BCUT2D eigenvalue weighted by atomic mass is 9.97. The molecule has 2 aliphatic rings. The molecule has 1 amide bonds. The van der Waals surface area contributed by atoms with Crippen LogP contribution in [0.3, 0.4) is 0 Å². The zero-order valence-electron chi connectivity index (χ0n) is 19.0. The highest BCUT2D eigenvalue weighted by Gasteiger charge is 2.36. The summed E-state index contributed by atoms with van der Waals surface area (Å²) < 4.78 is 28.2. The van der Waals surface area contributed by atoms with E-state index < -0.39 is 10.0 Å². The molecule has 0 bridgehead atoms. The highest BCUT2D eigenvalue weighted by molar-refractivity contribution is 7.89. The Morgan fingerprint density at radius 3 is 2.41 bits per heavy atom. The van der Waals surface area contributed by atoms with Crippen LogP contribution in [-0.2, 0) is 21.4 Å². The second-order valence-corrected chi connectivity index (χ2v) is 11.0. The van der Waals surface area contributed by atoms with Crippen molar-refractivity contribution >= 4 is 15.9 Å². The minimum absolute atomic E-state index is 0.102. The summed E-state index contributed by atoms with van der Waals surface area (Å²) in [5.74, 6) is -0.158. The highest BCUT2D eigenvalue weighted by atomic mass is 32.2. The van der Waals surface area contributed by atoms with E-state index in [1.54, 1.807) is 6.07 Å². The van der Waals surface area contributed by atoms with Gasteiger partial charge in [-0.1, -0.05) is 42.5 Å². The van der Waals surface area contributed by atoms with Gasteiger partial charge in [-0.25, -0.2) is 8.42 Å². The molecule has 2 fully saturated rings. The van der Waals surface area contributed by atoms with Crippen LogP contribution in [0.4, 0.5) is 0 Å². The maximum absolute atomic E-state index is 13.3. The fourth-order valence-corrected chi connectivity index (χ4v) is 6.55. The lowest BCUT2D eigenvalue weighted by molar-refractivity contribution is -0.138.